The molecular weight excluding hydrogens is 222 g/mol. The Balaban J connectivity index is 1.67. The molecule has 3 rings (SSSR count). The SMILES string of the molecule is CC1(C)CCC(NCc2cnn3ccccc23)C1. The zero-order chi connectivity index (χ0) is 12.6. The van der Waals surface area contributed by atoms with Crippen molar-refractivity contribution < 1.29 is 0 Å². The molecule has 0 spiro atoms. The summed E-state index contributed by atoms with van der Waals surface area (Å²) < 4.78 is 1.94. The van der Waals surface area contributed by atoms with Gasteiger partial charge in [0.05, 0.1) is 11.7 Å². The van der Waals surface area contributed by atoms with Crippen molar-refractivity contribution in [2.24, 2.45) is 5.41 Å². The normalized spacial score (nSPS) is 22.7. The first-order valence-corrected chi connectivity index (χ1v) is 6.79. The molecule has 0 amide bonds. The minimum Gasteiger partial charge on any atom is -0.310 e. The van der Waals surface area contributed by atoms with Crippen LogP contribution in [0.15, 0.2) is 30.6 Å². The molecule has 0 saturated heterocycles. The van der Waals surface area contributed by atoms with Gasteiger partial charge >= 0.3 is 0 Å². The average Bonchev–Trinajstić information content (AvgIpc) is 2.90. The largest absolute Gasteiger partial charge is 0.310 e. The van der Waals surface area contributed by atoms with Crippen LogP contribution in [0, 0.1) is 5.41 Å². The van der Waals surface area contributed by atoms with E-state index < -0.39 is 0 Å². The second-order valence-electron chi connectivity index (χ2n) is 6.19. The van der Waals surface area contributed by atoms with E-state index >= 15 is 0 Å². The molecule has 2 aromatic rings. The predicted molar refractivity (Wildman–Crippen MR) is 73.5 cm³/mol. The summed E-state index contributed by atoms with van der Waals surface area (Å²) in [5.41, 5.74) is 3.02. The van der Waals surface area contributed by atoms with E-state index in [1.165, 1.54) is 30.3 Å². The van der Waals surface area contributed by atoms with Gasteiger partial charge in [-0.1, -0.05) is 19.9 Å². The van der Waals surface area contributed by atoms with Gasteiger partial charge in [0.1, 0.15) is 0 Å². The van der Waals surface area contributed by atoms with E-state index in [4.69, 9.17) is 0 Å². The Morgan fingerprint density at radius 3 is 3.11 bits per heavy atom. The molecule has 3 heteroatoms. The van der Waals surface area contributed by atoms with Crippen LogP contribution in [-0.4, -0.2) is 15.7 Å². The zero-order valence-electron chi connectivity index (χ0n) is 11.2. The molecule has 0 bridgehead atoms. The standard InChI is InChI=1S/C15H21N3/c1-15(2)7-6-13(9-15)16-10-12-11-17-18-8-4-3-5-14(12)18/h3-5,8,11,13,16H,6-7,9-10H2,1-2H3. The molecule has 1 unspecified atom stereocenters. The van der Waals surface area contributed by atoms with Crippen LogP contribution < -0.4 is 5.32 Å². The highest BCUT2D eigenvalue weighted by atomic mass is 15.2. The second kappa shape index (κ2) is 4.39. The Bertz CT molecular complexity index is 541. The quantitative estimate of drug-likeness (QED) is 0.898. The van der Waals surface area contributed by atoms with Crippen LogP contribution in [0.5, 0.6) is 0 Å². The van der Waals surface area contributed by atoms with Crippen LogP contribution in [0.3, 0.4) is 0 Å². The highest BCUT2D eigenvalue weighted by Gasteiger charge is 2.30. The van der Waals surface area contributed by atoms with Crippen LogP contribution in [0.2, 0.25) is 0 Å². The molecule has 0 aliphatic heterocycles. The van der Waals surface area contributed by atoms with Crippen molar-refractivity contribution in [2.45, 2.75) is 45.7 Å². The summed E-state index contributed by atoms with van der Waals surface area (Å²) in [6, 6.07) is 6.87. The van der Waals surface area contributed by atoms with E-state index in [-0.39, 0.29) is 0 Å². The molecule has 1 N–H and O–H groups in total. The molecule has 1 saturated carbocycles. The Morgan fingerprint density at radius 2 is 2.33 bits per heavy atom. The number of rotatable bonds is 3. The number of hydrogen-bond acceptors (Lipinski definition) is 2. The first-order valence-electron chi connectivity index (χ1n) is 6.79. The Labute approximate surface area is 108 Å². The van der Waals surface area contributed by atoms with Crippen LogP contribution in [0.25, 0.3) is 5.52 Å². The van der Waals surface area contributed by atoms with Crippen molar-refractivity contribution in [2.75, 3.05) is 0 Å². The first-order chi connectivity index (χ1) is 8.64. The van der Waals surface area contributed by atoms with E-state index in [0.29, 0.717) is 11.5 Å². The topological polar surface area (TPSA) is 29.3 Å². The number of fused-ring (bicyclic) bond motifs is 1. The van der Waals surface area contributed by atoms with Gasteiger partial charge in [0.25, 0.3) is 0 Å². The van der Waals surface area contributed by atoms with E-state index in [1.807, 2.05) is 23.0 Å². The van der Waals surface area contributed by atoms with Crippen LogP contribution in [0.4, 0.5) is 0 Å². The first kappa shape index (κ1) is 11.7. The van der Waals surface area contributed by atoms with E-state index in [0.717, 1.165) is 6.54 Å². The maximum absolute atomic E-state index is 4.37. The summed E-state index contributed by atoms with van der Waals surface area (Å²) in [4.78, 5) is 0. The van der Waals surface area contributed by atoms with Crippen LogP contribution in [-0.2, 0) is 6.54 Å². The third-order valence-electron chi connectivity index (χ3n) is 4.06. The highest BCUT2D eigenvalue weighted by Crippen LogP contribution is 2.37. The number of pyridine rings is 1. The lowest BCUT2D eigenvalue weighted by Gasteiger charge is -2.17. The molecular formula is C15H21N3. The highest BCUT2D eigenvalue weighted by molar-refractivity contribution is 5.53. The fourth-order valence-corrected chi connectivity index (χ4v) is 2.99. The molecule has 2 heterocycles. The van der Waals surface area contributed by atoms with E-state index in [2.05, 4.69) is 36.4 Å². The Morgan fingerprint density at radius 1 is 1.44 bits per heavy atom. The lowest BCUT2D eigenvalue weighted by Crippen LogP contribution is -2.26. The summed E-state index contributed by atoms with van der Waals surface area (Å²) in [6.07, 6.45) is 7.89. The summed E-state index contributed by atoms with van der Waals surface area (Å²) in [5.74, 6) is 0. The van der Waals surface area contributed by atoms with Crippen molar-refractivity contribution in [3.8, 4) is 0 Å². The van der Waals surface area contributed by atoms with E-state index in [1.54, 1.807) is 0 Å². The smallest absolute Gasteiger partial charge is 0.0706 e. The van der Waals surface area contributed by atoms with Crippen LogP contribution >= 0.6 is 0 Å². The van der Waals surface area contributed by atoms with Crippen molar-refractivity contribution in [1.82, 2.24) is 14.9 Å². The fraction of sp³-hybridized carbons (Fsp3) is 0.533. The fourth-order valence-electron chi connectivity index (χ4n) is 2.99. The third-order valence-corrected chi connectivity index (χ3v) is 4.06. The average molecular weight is 243 g/mol. The third kappa shape index (κ3) is 2.27. The van der Waals surface area contributed by atoms with Crippen molar-refractivity contribution in [3.05, 3.63) is 36.2 Å². The zero-order valence-corrected chi connectivity index (χ0v) is 11.2. The lowest BCUT2D eigenvalue weighted by molar-refractivity contribution is 0.364. The number of hydrogen-bond donors (Lipinski definition) is 1. The van der Waals surface area contributed by atoms with E-state index in [9.17, 15) is 0 Å². The predicted octanol–water partition coefficient (Wildman–Crippen LogP) is 3.00. The Kier molecular flexibility index (Phi) is 2.86. The monoisotopic (exact) mass is 243 g/mol. The molecule has 18 heavy (non-hydrogen) atoms. The Hall–Kier alpha value is -1.35. The number of nitrogens with zero attached hydrogens (tertiary/aromatic N) is 2. The van der Waals surface area contributed by atoms with Gasteiger partial charge in [0, 0.05) is 24.3 Å². The second-order valence-corrected chi connectivity index (χ2v) is 6.19. The maximum atomic E-state index is 4.37. The van der Waals surface area contributed by atoms with Gasteiger partial charge in [-0.05, 0) is 36.8 Å². The molecule has 2 aromatic heterocycles. The molecule has 1 fully saturated rings. The van der Waals surface area contributed by atoms with Gasteiger partial charge in [-0.2, -0.15) is 5.10 Å². The van der Waals surface area contributed by atoms with Crippen molar-refractivity contribution >= 4 is 5.52 Å². The summed E-state index contributed by atoms with van der Waals surface area (Å²) in [6.45, 7) is 5.66. The molecule has 1 atom stereocenters. The minimum atomic E-state index is 0.513. The molecule has 0 aromatic carbocycles. The summed E-state index contributed by atoms with van der Waals surface area (Å²) in [5, 5.41) is 8.05. The van der Waals surface area contributed by atoms with Gasteiger partial charge in [-0.25, -0.2) is 4.52 Å². The molecule has 0 radical (unpaired) electrons. The maximum Gasteiger partial charge on any atom is 0.0706 e. The van der Waals surface area contributed by atoms with Crippen molar-refractivity contribution in [3.63, 3.8) is 0 Å². The summed E-state index contributed by atoms with van der Waals surface area (Å²) >= 11 is 0. The van der Waals surface area contributed by atoms with Gasteiger partial charge in [-0.3, -0.25) is 0 Å². The van der Waals surface area contributed by atoms with Gasteiger partial charge in [0.15, 0.2) is 0 Å². The number of aromatic nitrogens is 2. The lowest BCUT2D eigenvalue weighted by atomic mass is 9.92. The molecule has 1 aliphatic carbocycles. The minimum absolute atomic E-state index is 0.513. The molecule has 3 nitrogen and oxygen atoms in total. The molecule has 1 aliphatic rings. The van der Waals surface area contributed by atoms with Gasteiger partial charge in [-0.15, -0.1) is 0 Å². The number of nitrogens with one attached hydrogen (secondary N) is 1. The van der Waals surface area contributed by atoms with Crippen molar-refractivity contribution in [1.29, 1.82) is 0 Å². The van der Waals surface area contributed by atoms with Gasteiger partial charge < -0.3 is 5.32 Å². The van der Waals surface area contributed by atoms with Crippen LogP contribution in [0.1, 0.15) is 38.7 Å². The molecule has 96 valence electrons. The van der Waals surface area contributed by atoms with Gasteiger partial charge in [0.2, 0.25) is 0 Å². The summed E-state index contributed by atoms with van der Waals surface area (Å²) in [7, 11) is 0.